The Bertz CT molecular complexity index is 1580. The number of anilines is 3. The van der Waals surface area contributed by atoms with Crippen LogP contribution in [0.15, 0.2) is 60.8 Å². The first-order valence-corrected chi connectivity index (χ1v) is 12.7. The van der Waals surface area contributed by atoms with E-state index in [4.69, 9.17) is 10.5 Å². The Morgan fingerprint density at radius 3 is 2.58 bits per heavy atom. The number of likely N-dealkylation sites (N-methyl/N-ethyl adjacent to an activating group) is 2. The number of halogens is 3. The SMILES string of the molecule is COc1ccc(-c2ccc3nc(N)ncc3c2)cc1C(=O)Nc1cc(C(F)(F)F)ccc1N(C)[C@@H]1CCN(C)C1. The number of amides is 1. The Hall–Kier alpha value is -4.38. The van der Waals surface area contributed by atoms with Crippen LogP contribution in [0.3, 0.4) is 0 Å². The van der Waals surface area contributed by atoms with Crippen molar-refractivity contribution in [2.45, 2.75) is 18.6 Å². The van der Waals surface area contributed by atoms with Gasteiger partial charge in [-0.2, -0.15) is 13.2 Å². The number of carbonyl (C=O) groups excluding carboxylic acids is 1. The van der Waals surface area contributed by atoms with E-state index < -0.39 is 17.6 Å². The number of nitrogens with two attached hydrogens (primary N) is 1. The zero-order chi connectivity index (χ0) is 28.6. The topological polar surface area (TPSA) is 96.6 Å². The highest BCUT2D eigenvalue weighted by Crippen LogP contribution is 2.37. The number of carbonyl (C=O) groups is 1. The van der Waals surface area contributed by atoms with E-state index in [-0.39, 0.29) is 29.0 Å². The summed E-state index contributed by atoms with van der Waals surface area (Å²) in [5, 5.41) is 3.50. The molecule has 1 aliphatic rings. The van der Waals surface area contributed by atoms with Crippen molar-refractivity contribution in [3.05, 3.63) is 71.9 Å². The lowest BCUT2D eigenvalue weighted by atomic mass is 10.0. The van der Waals surface area contributed by atoms with Crippen LogP contribution in [0.5, 0.6) is 5.75 Å². The molecule has 2 heterocycles. The first-order valence-electron chi connectivity index (χ1n) is 12.7. The third kappa shape index (κ3) is 5.50. The van der Waals surface area contributed by atoms with Gasteiger partial charge in [0.2, 0.25) is 5.95 Å². The fourth-order valence-electron chi connectivity index (χ4n) is 5.03. The Balaban J connectivity index is 1.51. The van der Waals surface area contributed by atoms with Gasteiger partial charge in [-0.1, -0.05) is 12.1 Å². The van der Waals surface area contributed by atoms with Crippen molar-refractivity contribution in [1.29, 1.82) is 0 Å². The van der Waals surface area contributed by atoms with E-state index >= 15 is 0 Å². The molecule has 0 bridgehead atoms. The number of fused-ring (bicyclic) bond motifs is 1. The number of hydrogen-bond donors (Lipinski definition) is 2. The Kier molecular flexibility index (Phi) is 7.24. The van der Waals surface area contributed by atoms with E-state index in [9.17, 15) is 18.0 Å². The lowest BCUT2D eigenvalue weighted by Gasteiger charge is -2.29. The molecule has 1 aliphatic heterocycles. The molecular formula is C29H29F3N6O2. The molecular weight excluding hydrogens is 521 g/mol. The van der Waals surface area contributed by atoms with Crippen LogP contribution >= 0.6 is 0 Å². The summed E-state index contributed by atoms with van der Waals surface area (Å²) in [7, 11) is 5.27. The third-order valence-electron chi connectivity index (χ3n) is 7.24. The van der Waals surface area contributed by atoms with Crippen molar-refractivity contribution < 1.29 is 22.7 Å². The highest BCUT2D eigenvalue weighted by Gasteiger charge is 2.33. The minimum Gasteiger partial charge on any atom is -0.496 e. The molecule has 3 N–H and O–H groups in total. The maximum Gasteiger partial charge on any atom is 0.416 e. The van der Waals surface area contributed by atoms with Gasteiger partial charge in [-0.15, -0.1) is 0 Å². The number of alkyl halides is 3. The predicted molar refractivity (Wildman–Crippen MR) is 150 cm³/mol. The van der Waals surface area contributed by atoms with Gasteiger partial charge >= 0.3 is 6.18 Å². The molecule has 3 aromatic carbocycles. The van der Waals surface area contributed by atoms with Gasteiger partial charge in [0.05, 0.1) is 35.1 Å². The maximum atomic E-state index is 13.6. The molecule has 1 amide bonds. The molecule has 0 radical (unpaired) electrons. The summed E-state index contributed by atoms with van der Waals surface area (Å²) in [6.07, 6.45) is -2.08. The fourth-order valence-corrected chi connectivity index (χ4v) is 5.03. The van der Waals surface area contributed by atoms with Gasteiger partial charge in [0.15, 0.2) is 0 Å². The monoisotopic (exact) mass is 550 g/mol. The van der Waals surface area contributed by atoms with Gasteiger partial charge in [0.1, 0.15) is 5.75 Å². The van der Waals surface area contributed by atoms with Gasteiger partial charge in [-0.25, -0.2) is 9.97 Å². The molecule has 1 saturated heterocycles. The number of rotatable bonds is 6. The van der Waals surface area contributed by atoms with E-state index in [1.54, 1.807) is 30.5 Å². The zero-order valence-corrected chi connectivity index (χ0v) is 22.3. The number of hydrogen-bond acceptors (Lipinski definition) is 7. The molecule has 1 atom stereocenters. The van der Waals surface area contributed by atoms with Crippen molar-refractivity contribution in [3.8, 4) is 16.9 Å². The van der Waals surface area contributed by atoms with Gasteiger partial charge in [-0.3, -0.25) is 4.79 Å². The van der Waals surface area contributed by atoms with Crippen LogP contribution in [0.1, 0.15) is 22.3 Å². The number of benzene rings is 3. The Labute approximate surface area is 229 Å². The first-order chi connectivity index (χ1) is 19.0. The fraction of sp³-hybridized carbons (Fsp3) is 0.276. The van der Waals surface area contributed by atoms with Crippen LogP contribution in [-0.4, -0.2) is 61.1 Å². The van der Waals surface area contributed by atoms with Crippen molar-refractivity contribution in [2.24, 2.45) is 0 Å². The Morgan fingerprint density at radius 2 is 1.88 bits per heavy atom. The summed E-state index contributed by atoms with van der Waals surface area (Å²) in [6.45, 7) is 1.65. The zero-order valence-electron chi connectivity index (χ0n) is 22.3. The average molecular weight is 551 g/mol. The second-order valence-corrected chi connectivity index (χ2v) is 9.92. The first kappa shape index (κ1) is 27.2. The second-order valence-electron chi connectivity index (χ2n) is 9.92. The summed E-state index contributed by atoms with van der Waals surface area (Å²) in [5.41, 5.74) is 7.77. The molecule has 40 heavy (non-hydrogen) atoms. The van der Waals surface area contributed by atoms with Crippen LogP contribution < -0.4 is 20.7 Å². The summed E-state index contributed by atoms with van der Waals surface area (Å²) >= 11 is 0. The van der Waals surface area contributed by atoms with E-state index in [1.807, 2.05) is 31.1 Å². The largest absolute Gasteiger partial charge is 0.496 e. The van der Waals surface area contributed by atoms with E-state index in [1.165, 1.54) is 13.2 Å². The van der Waals surface area contributed by atoms with Gasteiger partial charge in [0, 0.05) is 31.2 Å². The quantitative estimate of drug-likeness (QED) is 0.336. The van der Waals surface area contributed by atoms with Gasteiger partial charge in [0.25, 0.3) is 5.91 Å². The normalized spacial score (nSPS) is 15.8. The second kappa shape index (κ2) is 10.6. The third-order valence-corrected chi connectivity index (χ3v) is 7.24. The maximum absolute atomic E-state index is 13.6. The summed E-state index contributed by atoms with van der Waals surface area (Å²) in [6, 6.07) is 14.2. The summed E-state index contributed by atoms with van der Waals surface area (Å²) in [4.78, 5) is 25.9. The molecule has 5 rings (SSSR count). The number of likely N-dealkylation sites (tertiary alicyclic amines) is 1. The molecule has 4 aromatic rings. The number of nitrogens with one attached hydrogen (secondary N) is 1. The Morgan fingerprint density at radius 1 is 1.12 bits per heavy atom. The smallest absolute Gasteiger partial charge is 0.416 e. The van der Waals surface area contributed by atoms with E-state index in [0.29, 0.717) is 16.8 Å². The molecule has 8 nitrogen and oxygen atoms in total. The van der Waals surface area contributed by atoms with Crippen LogP contribution in [0, 0.1) is 0 Å². The van der Waals surface area contributed by atoms with Crippen LogP contribution in [0.4, 0.5) is 30.5 Å². The molecule has 11 heteroatoms. The van der Waals surface area contributed by atoms with Crippen LogP contribution in [-0.2, 0) is 6.18 Å². The number of ether oxygens (including phenoxy) is 1. The summed E-state index contributed by atoms with van der Waals surface area (Å²) < 4.78 is 46.3. The minimum absolute atomic E-state index is 0.0739. The molecule has 0 spiro atoms. The number of aromatic nitrogens is 2. The molecule has 1 fully saturated rings. The van der Waals surface area contributed by atoms with Gasteiger partial charge < -0.3 is 25.6 Å². The van der Waals surface area contributed by atoms with Gasteiger partial charge in [-0.05, 0) is 73.6 Å². The molecule has 0 unspecified atom stereocenters. The van der Waals surface area contributed by atoms with E-state index in [2.05, 4.69) is 20.2 Å². The average Bonchev–Trinajstić information content (AvgIpc) is 3.37. The van der Waals surface area contributed by atoms with Crippen molar-refractivity contribution in [3.63, 3.8) is 0 Å². The highest BCUT2D eigenvalue weighted by molar-refractivity contribution is 6.08. The van der Waals surface area contributed by atoms with Crippen molar-refractivity contribution in [2.75, 3.05) is 50.2 Å². The van der Waals surface area contributed by atoms with Crippen LogP contribution in [0.25, 0.3) is 22.0 Å². The minimum atomic E-state index is -4.56. The molecule has 1 aromatic heterocycles. The highest BCUT2D eigenvalue weighted by atomic mass is 19.4. The van der Waals surface area contributed by atoms with Crippen LogP contribution in [0.2, 0.25) is 0 Å². The molecule has 208 valence electrons. The number of nitrogens with zero attached hydrogens (tertiary/aromatic N) is 4. The van der Waals surface area contributed by atoms with E-state index in [0.717, 1.165) is 42.6 Å². The standard InChI is InChI=1S/C29H29F3N6O2/c1-37-11-10-21(16-37)38(2)25-8-6-20(29(30,31)32)14-24(25)35-27(39)22-13-18(5-9-26(22)40-3)17-4-7-23-19(12-17)15-34-28(33)36-23/h4-9,12-15,21H,10-11,16H2,1-3H3,(H,35,39)(H2,33,34,36)/t21-/m1/s1. The van der Waals surface area contributed by atoms with Crippen molar-refractivity contribution >= 4 is 34.1 Å². The number of methoxy groups -OCH3 is 1. The summed E-state index contributed by atoms with van der Waals surface area (Å²) in [5.74, 6) is -0.131. The predicted octanol–water partition coefficient (Wildman–Crippen LogP) is 5.30. The lowest BCUT2D eigenvalue weighted by molar-refractivity contribution is -0.137. The molecule has 0 saturated carbocycles. The number of nitrogen functional groups attached to an aromatic ring is 1. The lowest BCUT2D eigenvalue weighted by Crippen LogP contribution is -2.34. The van der Waals surface area contributed by atoms with Crippen molar-refractivity contribution in [1.82, 2.24) is 14.9 Å². The molecule has 0 aliphatic carbocycles.